The molecule has 0 aromatic carbocycles. The van der Waals surface area contributed by atoms with Crippen molar-refractivity contribution in [3.8, 4) is 0 Å². The highest BCUT2D eigenvalue weighted by Crippen LogP contribution is 2.44. The first-order chi connectivity index (χ1) is 9.88. The molecule has 3 aliphatic rings. The first kappa shape index (κ1) is 12.6. The average molecular weight is 271 g/mol. The van der Waals surface area contributed by atoms with E-state index >= 15 is 0 Å². The Morgan fingerprint density at radius 1 is 1.05 bits per heavy atom. The predicted molar refractivity (Wildman–Crippen MR) is 81.8 cm³/mol. The summed E-state index contributed by atoms with van der Waals surface area (Å²) in [5.41, 5.74) is 0. The summed E-state index contributed by atoms with van der Waals surface area (Å²) in [7, 11) is 0. The second kappa shape index (κ2) is 5.36. The minimum absolute atomic E-state index is 0.735. The van der Waals surface area contributed by atoms with E-state index in [1.165, 1.54) is 38.5 Å². The van der Waals surface area contributed by atoms with Crippen LogP contribution < -0.4 is 10.2 Å². The third-order valence-corrected chi connectivity index (χ3v) is 5.66. The topological polar surface area (TPSA) is 28.2 Å². The number of fused-ring (bicyclic) bond motifs is 2. The second-order valence-corrected chi connectivity index (χ2v) is 6.90. The van der Waals surface area contributed by atoms with E-state index in [0.717, 1.165) is 42.8 Å². The van der Waals surface area contributed by atoms with E-state index in [4.69, 9.17) is 0 Å². The molecular weight excluding hydrogens is 246 g/mol. The van der Waals surface area contributed by atoms with Crippen LogP contribution in [0.4, 0.5) is 5.82 Å². The van der Waals surface area contributed by atoms with Crippen LogP contribution in [0.25, 0.3) is 0 Å². The van der Waals surface area contributed by atoms with Gasteiger partial charge < -0.3 is 10.2 Å². The number of anilines is 1. The molecule has 3 heteroatoms. The zero-order valence-corrected chi connectivity index (χ0v) is 12.2. The van der Waals surface area contributed by atoms with Gasteiger partial charge in [0.1, 0.15) is 5.82 Å². The largest absolute Gasteiger partial charge is 0.357 e. The van der Waals surface area contributed by atoms with Crippen LogP contribution in [0.2, 0.25) is 0 Å². The molecule has 0 amide bonds. The van der Waals surface area contributed by atoms with Crippen molar-refractivity contribution in [2.24, 2.45) is 11.8 Å². The third kappa shape index (κ3) is 2.44. The van der Waals surface area contributed by atoms with E-state index < -0.39 is 0 Å². The molecule has 1 aromatic heterocycles. The van der Waals surface area contributed by atoms with Crippen LogP contribution >= 0.6 is 0 Å². The average Bonchev–Trinajstić information content (AvgIpc) is 3.12. The number of hydrogen-bond acceptors (Lipinski definition) is 3. The van der Waals surface area contributed by atoms with Crippen LogP contribution in [-0.2, 0) is 0 Å². The zero-order valence-electron chi connectivity index (χ0n) is 12.2. The van der Waals surface area contributed by atoms with Crippen LogP contribution in [0, 0.1) is 11.8 Å². The van der Waals surface area contributed by atoms with E-state index in [1.54, 1.807) is 0 Å². The maximum absolute atomic E-state index is 4.47. The SMILES string of the molecule is c1ccc(N2CCC(NC3CC4CCC3C4)CC2)nc1. The summed E-state index contributed by atoms with van der Waals surface area (Å²) in [5.74, 6) is 3.19. The molecule has 1 aliphatic heterocycles. The lowest BCUT2D eigenvalue weighted by Crippen LogP contribution is -2.47. The predicted octanol–water partition coefficient (Wildman–Crippen LogP) is 2.83. The van der Waals surface area contributed by atoms with Gasteiger partial charge in [-0.25, -0.2) is 4.98 Å². The van der Waals surface area contributed by atoms with Crippen molar-refractivity contribution in [1.82, 2.24) is 10.3 Å². The van der Waals surface area contributed by atoms with Crippen molar-refractivity contribution in [1.29, 1.82) is 0 Å². The van der Waals surface area contributed by atoms with Crippen molar-refractivity contribution < 1.29 is 0 Å². The summed E-state index contributed by atoms with van der Waals surface area (Å²) < 4.78 is 0. The minimum atomic E-state index is 0.735. The highest BCUT2D eigenvalue weighted by atomic mass is 15.2. The molecule has 1 N–H and O–H groups in total. The van der Waals surface area contributed by atoms with E-state index in [2.05, 4.69) is 27.3 Å². The van der Waals surface area contributed by atoms with Crippen molar-refractivity contribution in [3.63, 3.8) is 0 Å². The molecule has 2 aliphatic carbocycles. The molecule has 2 saturated carbocycles. The van der Waals surface area contributed by atoms with Gasteiger partial charge in [0.05, 0.1) is 0 Å². The van der Waals surface area contributed by atoms with Gasteiger partial charge >= 0.3 is 0 Å². The monoisotopic (exact) mass is 271 g/mol. The molecule has 2 heterocycles. The van der Waals surface area contributed by atoms with Crippen molar-refractivity contribution in [2.75, 3.05) is 18.0 Å². The Morgan fingerprint density at radius 2 is 1.95 bits per heavy atom. The number of nitrogens with one attached hydrogen (secondary N) is 1. The highest BCUT2D eigenvalue weighted by Gasteiger charge is 2.40. The van der Waals surface area contributed by atoms with Gasteiger partial charge in [0.15, 0.2) is 0 Å². The summed E-state index contributed by atoms with van der Waals surface area (Å²) in [6, 6.07) is 7.78. The van der Waals surface area contributed by atoms with E-state index in [9.17, 15) is 0 Å². The molecule has 1 aromatic rings. The van der Waals surface area contributed by atoms with Gasteiger partial charge in [0.2, 0.25) is 0 Å². The Kier molecular flexibility index (Phi) is 3.39. The van der Waals surface area contributed by atoms with Gasteiger partial charge in [-0.15, -0.1) is 0 Å². The zero-order chi connectivity index (χ0) is 13.4. The fourth-order valence-corrected chi connectivity index (χ4v) is 4.57. The van der Waals surface area contributed by atoms with E-state index in [1.807, 2.05) is 12.3 Å². The van der Waals surface area contributed by atoms with Gasteiger partial charge in [-0.1, -0.05) is 12.5 Å². The quantitative estimate of drug-likeness (QED) is 0.916. The smallest absolute Gasteiger partial charge is 0.128 e. The summed E-state index contributed by atoms with van der Waals surface area (Å²) in [6.07, 6.45) is 10.4. The number of piperidine rings is 1. The first-order valence-corrected chi connectivity index (χ1v) is 8.30. The summed E-state index contributed by atoms with van der Waals surface area (Å²) in [5, 5.41) is 3.97. The first-order valence-electron chi connectivity index (χ1n) is 8.30. The Hall–Kier alpha value is -1.09. The van der Waals surface area contributed by atoms with Gasteiger partial charge in [-0.2, -0.15) is 0 Å². The van der Waals surface area contributed by atoms with Crippen LogP contribution in [0.15, 0.2) is 24.4 Å². The van der Waals surface area contributed by atoms with Gasteiger partial charge in [0, 0.05) is 31.4 Å². The molecule has 3 nitrogen and oxygen atoms in total. The van der Waals surface area contributed by atoms with Gasteiger partial charge in [0.25, 0.3) is 0 Å². The number of aromatic nitrogens is 1. The molecule has 108 valence electrons. The molecule has 1 saturated heterocycles. The lowest BCUT2D eigenvalue weighted by Gasteiger charge is -2.36. The molecule has 2 bridgehead atoms. The van der Waals surface area contributed by atoms with Crippen LogP contribution in [0.3, 0.4) is 0 Å². The molecule has 4 rings (SSSR count). The van der Waals surface area contributed by atoms with Gasteiger partial charge in [-0.3, -0.25) is 0 Å². The number of hydrogen-bond donors (Lipinski definition) is 1. The summed E-state index contributed by atoms with van der Waals surface area (Å²) in [6.45, 7) is 2.30. The molecule has 3 atom stereocenters. The van der Waals surface area contributed by atoms with Crippen molar-refractivity contribution in [3.05, 3.63) is 24.4 Å². The molecule has 3 unspecified atom stereocenters. The number of nitrogens with zero attached hydrogens (tertiary/aromatic N) is 2. The number of rotatable bonds is 3. The normalized spacial score (nSPS) is 33.8. The maximum Gasteiger partial charge on any atom is 0.128 e. The fraction of sp³-hybridized carbons (Fsp3) is 0.706. The fourth-order valence-electron chi connectivity index (χ4n) is 4.57. The summed E-state index contributed by atoms with van der Waals surface area (Å²) >= 11 is 0. The van der Waals surface area contributed by atoms with Crippen LogP contribution in [0.1, 0.15) is 38.5 Å². The number of pyridine rings is 1. The Balaban J connectivity index is 1.29. The van der Waals surface area contributed by atoms with Crippen molar-refractivity contribution >= 4 is 5.82 Å². The lowest BCUT2D eigenvalue weighted by atomic mass is 9.93. The maximum atomic E-state index is 4.47. The second-order valence-electron chi connectivity index (χ2n) is 6.90. The summed E-state index contributed by atoms with van der Waals surface area (Å²) in [4.78, 5) is 6.90. The van der Waals surface area contributed by atoms with Crippen LogP contribution in [-0.4, -0.2) is 30.2 Å². The molecule has 20 heavy (non-hydrogen) atoms. The van der Waals surface area contributed by atoms with Crippen LogP contribution in [0.5, 0.6) is 0 Å². The minimum Gasteiger partial charge on any atom is -0.357 e. The lowest BCUT2D eigenvalue weighted by molar-refractivity contribution is 0.292. The molecule has 0 spiro atoms. The van der Waals surface area contributed by atoms with E-state index in [-0.39, 0.29) is 0 Å². The molecule has 3 fully saturated rings. The Bertz CT molecular complexity index is 439. The molecular formula is C17H25N3. The molecule has 0 radical (unpaired) electrons. The van der Waals surface area contributed by atoms with Gasteiger partial charge in [-0.05, 0) is 56.1 Å². The Morgan fingerprint density at radius 3 is 2.60 bits per heavy atom. The van der Waals surface area contributed by atoms with E-state index in [0.29, 0.717) is 0 Å². The highest BCUT2D eigenvalue weighted by molar-refractivity contribution is 5.38. The standard InChI is InChI=1S/C17H25N3/c1-2-8-18-17(3-1)20-9-6-15(7-10-20)19-16-12-13-4-5-14(16)11-13/h1-3,8,13-16,19H,4-7,9-12H2. The Labute approximate surface area is 121 Å². The van der Waals surface area contributed by atoms with Crippen molar-refractivity contribution in [2.45, 2.75) is 50.6 Å². The third-order valence-electron chi connectivity index (χ3n) is 5.66.